The van der Waals surface area contributed by atoms with E-state index in [1.54, 1.807) is 0 Å². The van der Waals surface area contributed by atoms with Gasteiger partial charge in [0.05, 0.1) is 18.8 Å². The van der Waals surface area contributed by atoms with Crippen LogP contribution in [0.2, 0.25) is 0 Å². The molecule has 0 spiro atoms. The molecule has 1 unspecified atom stereocenters. The van der Waals surface area contributed by atoms with Crippen molar-refractivity contribution in [2.75, 3.05) is 18.5 Å². The Morgan fingerprint density at radius 3 is 2.56 bits per heavy atom. The van der Waals surface area contributed by atoms with Crippen molar-refractivity contribution in [3.8, 4) is 0 Å². The fraction of sp³-hybridized carbons (Fsp3) is 0.600. The van der Waals surface area contributed by atoms with Crippen LogP contribution in [0.25, 0.3) is 0 Å². The molecule has 0 saturated carbocycles. The van der Waals surface area contributed by atoms with Crippen LogP contribution in [-0.2, 0) is 4.74 Å². The summed E-state index contributed by atoms with van der Waals surface area (Å²) in [4.78, 5) is 0. The highest BCUT2D eigenvalue weighted by Gasteiger charge is 2.06. The van der Waals surface area contributed by atoms with E-state index >= 15 is 0 Å². The van der Waals surface area contributed by atoms with Gasteiger partial charge in [0.15, 0.2) is 0 Å². The molecular weight excluding hydrogens is 226 g/mol. The molecule has 0 bridgehead atoms. The molecule has 0 heterocycles. The summed E-state index contributed by atoms with van der Waals surface area (Å²) in [5, 5.41) is 13.0. The van der Waals surface area contributed by atoms with Gasteiger partial charge in [-0.3, -0.25) is 0 Å². The van der Waals surface area contributed by atoms with Gasteiger partial charge in [0.2, 0.25) is 0 Å². The van der Waals surface area contributed by atoms with Gasteiger partial charge in [-0.2, -0.15) is 0 Å². The Labute approximate surface area is 110 Å². The highest BCUT2D eigenvalue weighted by Crippen LogP contribution is 2.18. The largest absolute Gasteiger partial charge is 0.389 e. The second-order valence-electron chi connectivity index (χ2n) is 5.20. The Balaban J connectivity index is 2.40. The molecule has 1 atom stereocenters. The van der Waals surface area contributed by atoms with E-state index < -0.39 is 6.10 Å². The van der Waals surface area contributed by atoms with Gasteiger partial charge >= 0.3 is 0 Å². The molecule has 0 fully saturated rings. The van der Waals surface area contributed by atoms with Gasteiger partial charge in [0, 0.05) is 12.2 Å². The molecule has 0 aliphatic carbocycles. The van der Waals surface area contributed by atoms with Gasteiger partial charge in [0.1, 0.15) is 0 Å². The summed E-state index contributed by atoms with van der Waals surface area (Å²) < 4.78 is 5.36. The fourth-order valence-electron chi connectivity index (χ4n) is 1.61. The monoisotopic (exact) mass is 251 g/mol. The maximum absolute atomic E-state index is 9.75. The number of ether oxygens (including phenoxy) is 1. The lowest BCUT2D eigenvalue weighted by molar-refractivity contribution is 0.0112. The summed E-state index contributed by atoms with van der Waals surface area (Å²) in [6, 6.07) is 8.30. The van der Waals surface area contributed by atoms with Crippen molar-refractivity contribution in [3.05, 3.63) is 29.8 Å². The lowest BCUT2D eigenvalue weighted by Crippen LogP contribution is -2.26. The number of anilines is 1. The zero-order valence-corrected chi connectivity index (χ0v) is 11.8. The minimum absolute atomic E-state index is 0.156. The Morgan fingerprint density at radius 2 is 1.94 bits per heavy atom. The number of nitrogens with one attached hydrogen (secondary N) is 1. The second-order valence-corrected chi connectivity index (χ2v) is 5.20. The summed E-state index contributed by atoms with van der Waals surface area (Å²) >= 11 is 0. The molecule has 3 nitrogen and oxygen atoms in total. The lowest BCUT2D eigenvalue weighted by Gasteiger charge is -2.15. The third kappa shape index (κ3) is 5.52. The minimum Gasteiger partial charge on any atom is -0.389 e. The molecule has 0 aliphatic rings. The fourth-order valence-corrected chi connectivity index (χ4v) is 1.61. The second kappa shape index (κ2) is 7.39. The average Bonchev–Trinajstić information content (AvgIpc) is 2.34. The molecule has 0 saturated heterocycles. The Bertz CT molecular complexity index is 350. The number of hydrogen-bond donors (Lipinski definition) is 2. The van der Waals surface area contributed by atoms with E-state index in [9.17, 15) is 5.11 Å². The third-order valence-electron chi connectivity index (χ3n) is 2.72. The first-order valence-corrected chi connectivity index (χ1v) is 6.62. The third-order valence-corrected chi connectivity index (χ3v) is 2.72. The summed E-state index contributed by atoms with van der Waals surface area (Å²) in [6.45, 7) is 9.15. The Hall–Kier alpha value is -1.06. The normalized spacial score (nSPS) is 13.1. The van der Waals surface area contributed by atoms with Crippen LogP contribution in [0.1, 0.15) is 39.2 Å². The van der Waals surface area contributed by atoms with E-state index in [2.05, 4.69) is 31.3 Å². The zero-order chi connectivity index (χ0) is 13.5. The smallest absolute Gasteiger partial charge is 0.0945 e. The Morgan fingerprint density at radius 1 is 1.22 bits per heavy atom. The van der Waals surface area contributed by atoms with Gasteiger partial charge in [0.25, 0.3) is 0 Å². The number of aliphatic hydroxyl groups is 1. The van der Waals surface area contributed by atoms with Crippen LogP contribution in [-0.4, -0.2) is 30.5 Å². The van der Waals surface area contributed by atoms with Crippen LogP contribution < -0.4 is 5.32 Å². The van der Waals surface area contributed by atoms with Crippen LogP contribution in [0, 0.1) is 0 Å². The van der Waals surface area contributed by atoms with Gasteiger partial charge in [-0.1, -0.05) is 26.0 Å². The Kier molecular flexibility index (Phi) is 6.16. The summed E-state index contributed by atoms with van der Waals surface area (Å²) in [7, 11) is 0. The highest BCUT2D eigenvalue weighted by atomic mass is 16.5. The maximum atomic E-state index is 9.75. The first-order valence-electron chi connectivity index (χ1n) is 6.62. The van der Waals surface area contributed by atoms with Crippen molar-refractivity contribution in [2.24, 2.45) is 0 Å². The topological polar surface area (TPSA) is 41.5 Å². The molecule has 0 aliphatic heterocycles. The van der Waals surface area contributed by atoms with E-state index in [4.69, 9.17) is 4.74 Å². The van der Waals surface area contributed by atoms with Crippen LogP contribution in [0.5, 0.6) is 0 Å². The first kappa shape index (κ1) is 15.0. The van der Waals surface area contributed by atoms with Crippen molar-refractivity contribution in [3.63, 3.8) is 0 Å². The van der Waals surface area contributed by atoms with Gasteiger partial charge < -0.3 is 15.2 Å². The van der Waals surface area contributed by atoms with E-state index in [1.165, 1.54) is 5.56 Å². The summed E-state index contributed by atoms with van der Waals surface area (Å²) in [6.07, 6.45) is -0.320. The quantitative estimate of drug-likeness (QED) is 0.782. The van der Waals surface area contributed by atoms with Crippen LogP contribution in [0.4, 0.5) is 5.69 Å². The molecule has 1 aromatic carbocycles. The molecule has 2 N–H and O–H groups in total. The van der Waals surface area contributed by atoms with Crippen LogP contribution >= 0.6 is 0 Å². The van der Waals surface area contributed by atoms with Crippen LogP contribution in [0.3, 0.4) is 0 Å². The maximum Gasteiger partial charge on any atom is 0.0945 e. The van der Waals surface area contributed by atoms with Gasteiger partial charge in [-0.25, -0.2) is 0 Å². The van der Waals surface area contributed by atoms with Crippen molar-refractivity contribution in [1.29, 1.82) is 0 Å². The molecule has 0 amide bonds. The number of rotatable bonds is 7. The molecule has 3 heteroatoms. The van der Waals surface area contributed by atoms with Gasteiger partial charge in [-0.05, 0) is 37.5 Å². The lowest BCUT2D eigenvalue weighted by atomic mass is 10.0. The molecule has 0 radical (unpaired) electrons. The predicted molar refractivity (Wildman–Crippen MR) is 76.1 cm³/mol. The summed E-state index contributed by atoms with van der Waals surface area (Å²) in [5.41, 5.74) is 2.35. The van der Waals surface area contributed by atoms with E-state index in [0.29, 0.717) is 19.1 Å². The highest BCUT2D eigenvalue weighted by molar-refractivity contribution is 5.46. The van der Waals surface area contributed by atoms with Gasteiger partial charge in [-0.15, -0.1) is 0 Å². The molecule has 0 aromatic heterocycles. The standard InChI is InChI=1S/C15H25NO2/c1-11(2)13-6-5-7-14(8-13)16-9-15(17)10-18-12(3)4/h5-8,11-12,15-17H,9-10H2,1-4H3. The van der Waals surface area contributed by atoms with E-state index in [1.807, 2.05) is 26.0 Å². The summed E-state index contributed by atoms with van der Waals surface area (Å²) in [5.74, 6) is 0.515. The van der Waals surface area contributed by atoms with Crippen molar-refractivity contribution < 1.29 is 9.84 Å². The zero-order valence-electron chi connectivity index (χ0n) is 11.8. The molecule has 1 aromatic rings. The van der Waals surface area contributed by atoms with E-state index in [0.717, 1.165) is 5.69 Å². The van der Waals surface area contributed by atoms with Crippen molar-refractivity contribution in [1.82, 2.24) is 0 Å². The minimum atomic E-state index is -0.477. The molecule has 1 rings (SSSR count). The SMILES string of the molecule is CC(C)OCC(O)CNc1cccc(C(C)C)c1. The number of benzene rings is 1. The molecule has 18 heavy (non-hydrogen) atoms. The predicted octanol–water partition coefficient (Wildman–Crippen LogP) is 3.01. The van der Waals surface area contributed by atoms with Crippen molar-refractivity contribution in [2.45, 2.75) is 45.8 Å². The van der Waals surface area contributed by atoms with E-state index in [-0.39, 0.29) is 6.10 Å². The number of hydrogen-bond acceptors (Lipinski definition) is 3. The van der Waals surface area contributed by atoms with Crippen LogP contribution in [0.15, 0.2) is 24.3 Å². The van der Waals surface area contributed by atoms with Crippen molar-refractivity contribution >= 4 is 5.69 Å². The molecule has 102 valence electrons. The first-order chi connectivity index (χ1) is 8.49. The molecular formula is C15H25NO2. The average molecular weight is 251 g/mol. The number of aliphatic hydroxyl groups excluding tert-OH is 1.